The Labute approximate surface area is 221 Å². The fourth-order valence-corrected chi connectivity index (χ4v) is 4.20. The van der Waals surface area contributed by atoms with E-state index in [0.717, 1.165) is 10.5 Å². The Bertz CT molecular complexity index is 1130. The smallest absolute Gasteiger partial charge is 0.407 e. The van der Waals surface area contributed by atoms with E-state index in [9.17, 15) is 24.0 Å². The average molecular weight is 524 g/mol. The van der Waals surface area contributed by atoms with Gasteiger partial charge in [-0.15, -0.1) is 0 Å². The summed E-state index contributed by atoms with van der Waals surface area (Å²) in [6.45, 7) is 5.53. The predicted octanol–water partition coefficient (Wildman–Crippen LogP) is 3.06. The van der Waals surface area contributed by atoms with Crippen LogP contribution in [-0.2, 0) is 25.7 Å². The highest BCUT2D eigenvalue weighted by molar-refractivity contribution is 6.22. The molecule has 38 heavy (non-hydrogen) atoms. The van der Waals surface area contributed by atoms with Crippen molar-refractivity contribution in [1.82, 2.24) is 15.5 Å². The van der Waals surface area contributed by atoms with Crippen molar-refractivity contribution in [2.75, 3.05) is 13.2 Å². The zero-order chi connectivity index (χ0) is 27.7. The highest BCUT2D eigenvalue weighted by Crippen LogP contribution is 2.27. The van der Waals surface area contributed by atoms with Gasteiger partial charge in [-0.05, 0) is 43.4 Å². The van der Waals surface area contributed by atoms with Crippen LogP contribution in [-0.4, -0.2) is 59.9 Å². The van der Waals surface area contributed by atoms with Crippen molar-refractivity contribution >= 4 is 29.8 Å². The van der Waals surface area contributed by atoms with Crippen LogP contribution in [0.3, 0.4) is 0 Å². The monoisotopic (exact) mass is 523 g/mol. The number of rotatable bonds is 12. The lowest BCUT2D eigenvalue weighted by Gasteiger charge is -2.30. The molecule has 0 saturated carbocycles. The minimum atomic E-state index is -1.12. The second kappa shape index (κ2) is 13.4. The van der Waals surface area contributed by atoms with Gasteiger partial charge in [0.05, 0.1) is 17.7 Å². The summed E-state index contributed by atoms with van der Waals surface area (Å²) < 4.78 is 10.3. The maximum atomic E-state index is 13.3. The molecule has 0 radical (unpaired) electrons. The van der Waals surface area contributed by atoms with E-state index in [0.29, 0.717) is 6.42 Å². The zero-order valence-electron chi connectivity index (χ0n) is 21.8. The molecule has 0 aromatic heterocycles. The lowest BCUT2D eigenvalue weighted by Crippen LogP contribution is -2.55. The van der Waals surface area contributed by atoms with Gasteiger partial charge < -0.3 is 20.1 Å². The Morgan fingerprint density at radius 1 is 0.895 bits per heavy atom. The standard InChI is InChI=1S/C28H33N3O7/c1-4-37-27(35)22(15-10-16-29-28(36)38-17-19-11-6-5-7-12-19)30-24(32)23(18(2)3)31-25(33)20-13-8-9-14-21(20)26(31)34/h5-9,11-14,18,22-23H,4,10,15-17H2,1-3H3,(H,29,36)(H,30,32)/t22-,23+/m0/s1. The zero-order valence-corrected chi connectivity index (χ0v) is 21.8. The maximum Gasteiger partial charge on any atom is 0.407 e. The Hall–Kier alpha value is -4.21. The minimum Gasteiger partial charge on any atom is -0.464 e. The number of carbonyl (C=O) groups is 5. The summed E-state index contributed by atoms with van der Waals surface area (Å²) in [5, 5.41) is 5.28. The summed E-state index contributed by atoms with van der Waals surface area (Å²) >= 11 is 0. The number of ether oxygens (including phenoxy) is 2. The number of fused-ring (bicyclic) bond motifs is 1. The molecule has 1 aliphatic rings. The third-order valence-electron chi connectivity index (χ3n) is 6.04. The molecule has 1 heterocycles. The molecular formula is C28H33N3O7. The minimum absolute atomic E-state index is 0.112. The molecule has 2 aromatic rings. The highest BCUT2D eigenvalue weighted by atomic mass is 16.5. The second-order valence-electron chi connectivity index (χ2n) is 9.16. The van der Waals surface area contributed by atoms with Gasteiger partial charge in [0.25, 0.3) is 11.8 Å². The summed E-state index contributed by atoms with van der Waals surface area (Å²) in [6, 6.07) is 13.5. The van der Waals surface area contributed by atoms with Gasteiger partial charge in [-0.2, -0.15) is 0 Å². The van der Waals surface area contributed by atoms with Gasteiger partial charge in [-0.25, -0.2) is 9.59 Å². The van der Waals surface area contributed by atoms with Gasteiger partial charge >= 0.3 is 12.1 Å². The summed E-state index contributed by atoms with van der Waals surface area (Å²) in [4.78, 5) is 64.8. The Morgan fingerprint density at radius 3 is 2.08 bits per heavy atom. The SMILES string of the molecule is CCOC(=O)[C@H](CCCNC(=O)OCc1ccccc1)NC(=O)[C@@H](C(C)C)N1C(=O)c2ccccc2C1=O. The third-order valence-corrected chi connectivity index (χ3v) is 6.04. The fraction of sp³-hybridized carbons (Fsp3) is 0.393. The molecule has 0 fully saturated rings. The van der Waals surface area contributed by atoms with Gasteiger partial charge in [0.2, 0.25) is 5.91 Å². The first kappa shape index (κ1) is 28.4. The molecule has 2 N–H and O–H groups in total. The topological polar surface area (TPSA) is 131 Å². The van der Waals surface area contributed by atoms with E-state index in [2.05, 4.69) is 10.6 Å². The van der Waals surface area contributed by atoms with Gasteiger partial charge in [0.1, 0.15) is 18.7 Å². The Balaban J connectivity index is 1.59. The van der Waals surface area contributed by atoms with Crippen LogP contribution in [0.25, 0.3) is 0 Å². The first-order chi connectivity index (χ1) is 18.2. The Morgan fingerprint density at radius 2 is 1.50 bits per heavy atom. The molecule has 1 aliphatic heterocycles. The summed E-state index contributed by atoms with van der Waals surface area (Å²) in [7, 11) is 0. The van der Waals surface area contributed by atoms with Crippen molar-refractivity contribution in [2.45, 2.75) is 52.3 Å². The summed E-state index contributed by atoms with van der Waals surface area (Å²) in [6.07, 6.45) is -0.101. The third kappa shape index (κ3) is 6.96. The number of benzene rings is 2. The number of amides is 4. The number of alkyl carbamates (subject to hydrolysis) is 1. The normalized spacial score (nSPS) is 14.1. The average Bonchev–Trinajstić information content (AvgIpc) is 3.15. The second-order valence-corrected chi connectivity index (χ2v) is 9.16. The molecule has 2 atom stereocenters. The number of carbonyl (C=O) groups excluding carboxylic acids is 5. The molecule has 10 heteroatoms. The van der Waals surface area contributed by atoms with Crippen molar-refractivity contribution in [1.29, 1.82) is 0 Å². The van der Waals surface area contributed by atoms with E-state index in [1.807, 2.05) is 30.3 Å². The van der Waals surface area contributed by atoms with E-state index >= 15 is 0 Å². The number of hydrogen-bond donors (Lipinski definition) is 2. The molecule has 4 amide bonds. The fourth-order valence-electron chi connectivity index (χ4n) is 4.20. The molecule has 0 saturated heterocycles. The molecular weight excluding hydrogens is 490 g/mol. The van der Waals surface area contributed by atoms with Crippen LogP contribution in [0.5, 0.6) is 0 Å². The van der Waals surface area contributed by atoms with Gasteiger partial charge in [-0.1, -0.05) is 56.3 Å². The number of hydrogen-bond acceptors (Lipinski definition) is 7. The molecule has 0 spiro atoms. The molecule has 3 rings (SSSR count). The van der Waals surface area contributed by atoms with Crippen LogP contribution in [0.4, 0.5) is 4.79 Å². The van der Waals surface area contributed by atoms with Crippen molar-refractivity contribution in [3.63, 3.8) is 0 Å². The van der Waals surface area contributed by atoms with Crippen molar-refractivity contribution in [3.8, 4) is 0 Å². The van der Waals surface area contributed by atoms with E-state index in [1.54, 1.807) is 45.0 Å². The molecule has 0 unspecified atom stereocenters. The van der Waals surface area contributed by atoms with E-state index in [4.69, 9.17) is 9.47 Å². The van der Waals surface area contributed by atoms with E-state index in [1.165, 1.54) is 0 Å². The lowest BCUT2D eigenvalue weighted by atomic mass is 10.0. The van der Waals surface area contributed by atoms with Crippen LogP contribution in [0.2, 0.25) is 0 Å². The summed E-state index contributed by atoms with van der Waals surface area (Å²) in [5.41, 5.74) is 1.33. The first-order valence-corrected chi connectivity index (χ1v) is 12.6. The van der Waals surface area contributed by atoms with Gasteiger partial charge in [0, 0.05) is 6.54 Å². The summed E-state index contributed by atoms with van der Waals surface area (Å²) in [5.74, 6) is -2.79. The predicted molar refractivity (Wildman–Crippen MR) is 138 cm³/mol. The van der Waals surface area contributed by atoms with Crippen LogP contribution in [0.1, 0.15) is 59.9 Å². The molecule has 10 nitrogen and oxygen atoms in total. The Kier molecular flexibility index (Phi) is 9.98. The number of nitrogens with zero attached hydrogens (tertiary/aromatic N) is 1. The van der Waals surface area contributed by atoms with Crippen LogP contribution < -0.4 is 10.6 Å². The highest BCUT2D eigenvalue weighted by Gasteiger charge is 2.44. The maximum absolute atomic E-state index is 13.3. The van der Waals surface area contributed by atoms with E-state index in [-0.39, 0.29) is 37.3 Å². The number of imide groups is 1. The van der Waals surface area contributed by atoms with Gasteiger partial charge in [-0.3, -0.25) is 19.3 Å². The van der Waals surface area contributed by atoms with E-state index < -0.39 is 47.8 Å². The number of nitrogens with one attached hydrogen (secondary N) is 2. The quantitative estimate of drug-likeness (QED) is 0.248. The molecule has 0 bridgehead atoms. The first-order valence-electron chi connectivity index (χ1n) is 12.6. The molecule has 0 aliphatic carbocycles. The van der Waals surface area contributed by atoms with Gasteiger partial charge in [0.15, 0.2) is 0 Å². The van der Waals surface area contributed by atoms with Crippen LogP contribution >= 0.6 is 0 Å². The molecule has 202 valence electrons. The molecule has 2 aromatic carbocycles. The van der Waals surface area contributed by atoms with Crippen molar-refractivity contribution < 1.29 is 33.4 Å². The largest absolute Gasteiger partial charge is 0.464 e. The van der Waals surface area contributed by atoms with Crippen LogP contribution in [0, 0.1) is 5.92 Å². The lowest BCUT2D eigenvalue weighted by molar-refractivity contribution is -0.148. The van der Waals surface area contributed by atoms with Crippen molar-refractivity contribution in [3.05, 3.63) is 71.3 Å². The van der Waals surface area contributed by atoms with Crippen LogP contribution in [0.15, 0.2) is 54.6 Å². The number of esters is 1. The van der Waals surface area contributed by atoms with Crippen molar-refractivity contribution in [2.24, 2.45) is 5.92 Å².